The highest BCUT2D eigenvalue weighted by atomic mass is 16.5. The van der Waals surface area contributed by atoms with Gasteiger partial charge in [-0.1, -0.05) is 42.0 Å². The SMILES string of the molecule is Cc1ccc(C2=C(N3CCCc4ccccc43)C(=O)N(CCOC(C)C)C2=O)c(C)c1. The summed E-state index contributed by atoms with van der Waals surface area (Å²) in [4.78, 5) is 30.6. The lowest BCUT2D eigenvalue weighted by molar-refractivity contribution is -0.138. The molecule has 0 fully saturated rings. The molecular weight excluding hydrogens is 388 g/mol. The maximum absolute atomic E-state index is 13.6. The first-order valence-corrected chi connectivity index (χ1v) is 11.0. The fraction of sp³-hybridized carbons (Fsp3) is 0.385. The van der Waals surface area contributed by atoms with Gasteiger partial charge in [0.15, 0.2) is 0 Å². The smallest absolute Gasteiger partial charge is 0.278 e. The van der Waals surface area contributed by atoms with Crippen LogP contribution in [-0.4, -0.2) is 42.5 Å². The van der Waals surface area contributed by atoms with Gasteiger partial charge in [0.2, 0.25) is 0 Å². The van der Waals surface area contributed by atoms with Crippen LogP contribution in [0.3, 0.4) is 0 Å². The third kappa shape index (κ3) is 4.02. The number of benzene rings is 2. The molecule has 2 aliphatic heterocycles. The highest BCUT2D eigenvalue weighted by molar-refractivity contribution is 6.37. The monoisotopic (exact) mass is 418 g/mol. The van der Waals surface area contributed by atoms with Crippen molar-refractivity contribution in [2.75, 3.05) is 24.6 Å². The second-order valence-electron chi connectivity index (χ2n) is 8.61. The molecule has 2 aromatic rings. The molecule has 0 aromatic heterocycles. The van der Waals surface area contributed by atoms with Crippen molar-refractivity contribution in [3.63, 3.8) is 0 Å². The van der Waals surface area contributed by atoms with Crippen LogP contribution in [0.4, 0.5) is 5.69 Å². The minimum atomic E-state index is -0.234. The molecule has 2 aliphatic rings. The van der Waals surface area contributed by atoms with Gasteiger partial charge in [0.1, 0.15) is 5.70 Å². The molecule has 2 aromatic carbocycles. The van der Waals surface area contributed by atoms with Crippen molar-refractivity contribution in [1.29, 1.82) is 0 Å². The fourth-order valence-corrected chi connectivity index (χ4v) is 4.50. The average Bonchev–Trinajstić information content (AvgIpc) is 2.98. The van der Waals surface area contributed by atoms with E-state index in [-0.39, 0.29) is 24.5 Å². The Hall–Kier alpha value is -2.92. The molecule has 0 radical (unpaired) electrons. The van der Waals surface area contributed by atoms with Crippen molar-refractivity contribution in [1.82, 2.24) is 4.90 Å². The van der Waals surface area contributed by atoms with Gasteiger partial charge in [-0.05, 0) is 63.3 Å². The molecule has 162 valence electrons. The molecule has 0 bridgehead atoms. The molecule has 31 heavy (non-hydrogen) atoms. The molecule has 0 atom stereocenters. The minimum Gasteiger partial charge on any atom is -0.377 e. The molecule has 0 saturated carbocycles. The van der Waals surface area contributed by atoms with E-state index in [0.29, 0.717) is 17.9 Å². The quantitative estimate of drug-likeness (QED) is 0.658. The van der Waals surface area contributed by atoms with Gasteiger partial charge in [0.25, 0.3) is 11.8 Å². The van der Waals surface area contributed by atoms with E-state index in [1.54, 1.807) is 0 Å². The number of ether oxygens (including phenoxy) is 1. The largest absolute Gasteiger partial charge is 0.377 e. The predicted octanol–water partition coefficient (Wildman–Crippen LogP) is 4.26. The van der Waals surface area contributed by atoms with Crippen LogP contribution in [-0.2, 0) is 20.7 Å². The topological polar surface area (TPSA) is 49.9 Å². The average molecular weight is 419 g/mol. The van der Waals surface area contributed by atoms with Gasteiger partial charge in [0.05, 0.1) is 24.8 Å². The van der Waals surface area contributed by atoms with Crippen molar-refractivity contribution in [3.8, 4) is 0 Å². The van der Waals surface area contributed by atoms with Crippen molar-refractivity contribution < 1.29 is 14.3 Å². The zero-order valence-electron chi connectivity index (χ0n) is 18.8. The second kappa shape index (κ2) is 8.67. The number of carbonyl (C=O) groups excluding carboxylic acids is 2. The van der Waals surface area contributed by atoms with Crippen molar-refractivity contribution >= 4 is 23.1 Å². The normalized spacial score (nSPS) is 16.5. The number of fused-ring (bicyclic) bond motifs is 1. The van der Waals surface area contributed by atoms with Gasteiger partial charge < -0.3 is 9.64 Å². The Morgan fingerprint density at radius 2 is 1.81 bits per heavy atom. The zero-order valence-corrected chi connectivity index (χ0v) is 18.8. The van der Waals surface area contributed by atoms with Gasteiger partial charge in [-0.25, -0.2) is 0 Å². The summed E-state index contributed by atoms with van der Waals surface area (Å²) >= 11 is 0. The number of carbonyl (C=O) groups is 2. The maximum Gasteiger partial charge on any atom is 0.278 e. The highest BCUT2D eigenvalue weighted by Gasteiger charge is 2.42. The van der Waals surface area contributed by atoms with Crippen LogP contribution < -0.4 is 4.90 Å². The van der Waals surface area contributed by atoms with Gasteiger partial charge in [-0.15, -0.1) is 0 Å². The minimum absolute atomic E-state index is 0.0491. The third-order valence-corrected chi connectivity index (χ3v) is 5.94. The summed E-state index contributed by atoms with van der Waals surface area (Å²) in [5.74, 6) is -0.466. The Morgan fingerprint density at radius 1 is 1.03 bits per heavy atom. The Balaban J connectivity index is 1.81. The molecular formula is C26H30N2O3. The van der Waals surface area contributed by atoms with Crippen molar-refractivity contribution in [2.24, 2.45) is 0 Å². The third-order valence-electron chi connectivity index (χ3n) is 5.94. The molecule has 5 nitrogen and oxygen atoms in total. The van der Waals surface area contributed by atoms with E-state index in [9.17, 15) is 9.59 Å². The molecule has 0 N–H and O–H groups in total. The summed E-state index contributed by atoms with van der Waals surface area (Å²) < 4.78 is 5.64. The first kappa shape index (κ1) is 21.3. The predicted molar refractivity (Wildman–Crippen MR) is 123 cm³/mol. The standard InChI is InChI=1S/C26H30N2O3/c1-17(2)31-15-14-28-25(29)23(21-12-11-18(3)16-19(21)4)24(26(28)30)27-13-7-9-20-8-5-6-10-22(20)27/h5-6,8,10-12,16-17H,7,9,13-15H2,1-4H3. The molecule has 0 saturated heterocycles. The Kier molecular flexibility index (Phi) is 5.96. The number of amides is 2. The highest BCUT2D eigenvalue weighted by Crippen LogP contribution is 2.38. The molecule has 0 aliphatic carbocycles. The summed E-state index contributed by atoms with van der Waals surface area (Å²) in [6.45, 7) is 9.23. The van der Waals surface area contributed by atoms with E-state index in [1.807, 2.05) is 58.0 Å². The number of hydrogen-bond acceptors (Lipinski definition) is 4. The second-order valence-corrected chi connectivity index (χ2v) is 8.61. The van der Waals surface area contributed by atoms with Crippen LogP contribution in [0.2, 0.25) is 0 Å². The lowest BCUT2D eigenvalue weighted by atomic mass is 9.95. The fourth-order valence-electron chi connectivity index (χ4n) is 4.50. The number of anilines is 1. The Morgan fingerprint density at radius 3 is 2.55 bits per heavy atom. The van der Waals surface area contributed by atoms with E-state index in [1.165, 1.54) is 10.5 Å². The van der Waals surface area contributed by atoms with Gasteiger partial charge >= 0.3 is 0 Å². The maximum atomic E-state index is 13.6. The molecule has 0 unspecified atom stereocenters. The Bertz CT molecular complexity index is 1050. The van der Waals surface area contributed by atoms with E-state index >= 15 is 0 Å². The van der Waals surface area contributed by atoms with E-state index < -0.39 is 0 Å². The Labute approximate surface area is 184 Å². The summed E-state index contributed by atoms with van der Waals surface area (Å²) in [6.07, 6.45) is 1.97. The first-order chi connectivity index (χ1) is 14.9. The van der Waals surface area contributed by atoms with Crippen LogP contribution in [0, 0.1) is 13.8 Å². The molecule has 4 rings (SSSR count). The number of para-hydroxylation sites is 1. The van der Waals surface area contributed by atoms with Crippen LogP contribution in [0.15, 0.2) is 48.2 Å². The number of nitrogens with zero attached hydrogens (tertiary/aromatic N) is 2. The zero-order chi connectivity index (χ0) is 22.1. The van der Waals surface area contributed by atoms with E-state index in [2.05, 4.69) is 17.0 Å². The lowest BCUT2D eigenvalue weighted by Crippen LogP contribution is -2.39. The van der Waals surface area contributed by atoms with Crippen LogP contribution >= 0.6 is 0 Å². The lowest BCUT2D eigenvalue weighted by Gasteiger charge is -2.32. The molecule has 2 amide bonds. The van der Waals surface area contributed by atoms with Crippen LogP contribution in [0.25, 0.3) is 5.57 Å². The number of imide groups is 1. The van der Waals surface area contributed by atoms with Gasteiger partial charge in [-0.2, -0.15) is 0 Å². The summed E-state index contributed by atoms with van der Waals surface area (Å²) in [6, 6.07) is 14.2. The number of rotatable bonds is 6. The van der Waals surface area contributed by atoms with Crippen LogP contribution in [0.1, 0.15) is 42.5 Å². The molecule has 0 spiro atoms. The van der Waals surface area contributed by atoms with Gasteiger partial charge in [0, 0.05) is 12.2 Å². The summed E-state index contributed by atoms with van der Waals surface area (Å²) in [5.41, 5.74) is 6.19. The van der Waals surface area contributed by atoms with Crippen molar-refractivity contribution in [3.05, 3.63) is 70.4 Å². The summed E-state index contributed by atoms with van der Waals surface area (Å²) in [7, 11) is 0. The van der Waals surface area contributed by atoms with Crippen molar-refractivity contribution in [2.45, 2.75) is 46.6 Å². The molecule has 5 heteroatoms. The van der Waals surface area contributed by atoms with Gasteiger partial charge in [-0.3, -0.25) is 14.5 Å². The first-order valence-electron chi connectivity index (χ1n) is 11.0. The number of aryl methyl sites for hydroxylation is 3. The number of hydrogen-bond donors (Lipinski definition) is 0. The van der Waals surface area contributed by atoms with Crippen LogP contribution in [0.5, 0.6) is 0 Å². The summed E-state index contributed by atoms with van der Waals surface area (Å²) in [5, 5.41) is 0. The molecule has 2 heterocycles. The van der Waals surface area contributed by atoms with E-state index in [0.717, 1.165) is 41.8 Å². The van der Waals surface area contributed by atoms with E-state index in [4.69, 9.17) is 4.74 Å².